The fourth-order valence-electron chi connectivity index (χ4n) is 2.72. The third-order valence-corrected chi connectivity index (χ3v) is 5.34. The minimum Gasteiger partial charge on any atom is -0.465 e. The zero-order valence-corrected chi connectivity index (χ0v) is 15.3. The molecule has 5 nitrogen and oxygen atoms in total. The summed E-state index contributed by atoms with van der Waals surface area (Å²) < 4.78 is 5.77. The Labute approximate surface area is 154 Å². The van der Waals surface area contributed by atoms with Crippen molar-refractivity contribution in [2.45, 2.75) is 19.0 Å². The number of halogens is 1. The first-order valence-electron chi connectivity index (χ1n) is 7.49. The summed E-state index contributed by atoms with van der Waals surface area (Å²) >= 11 is 13.0. The first-order chi connectivity index (χ1) is 11.6. The topological polar surface area (TPSA) is 54.5 Å². The van der Waals surface area contributed by atoms with E-state index in [0.29, 0.717) is 16.1 Å². The van der Waals surface area contributed by atoms with Gasteiger partial charge in [-0.15, -0.1) is 11.3 Å². The van der Waals surface area contributed by atoms with E-state index in [9.17, 15) is 4.79 Å². The third kappa shape index (κ3) is 3.53. The molecule has 0 aromatic carbocycles. The van der Waals surface area contributed by atoms with Crippen LogP contribution in [0.25, 0.3) is 0 Å². The number of aromatic nitrogens is 1. The number of hydrogen-bond acceptors (Lipinski definition) is 5. The van der Waals surface area contributed by atoms with Gasteiger partial charge in [0, 0.05) is 11.1 Å². The Balaban J connectivity index is 1.95. The summed E-state index contributed by atoms with van der Waals surface area (Å²) in [7, 11) is 0. The molecule has 1 aliphatic heterocycles. The maximum absolute atomic E-state index is 12.0. The highest BCUT2D eigenvalue weighted by atomic mass is 35.5. The quantitative estimate of drug-likeness (QED) is 0.633. The molecule has 1 fully saturated rings. The van der Waals surface area contributed by atoms with Crippen molar-refractivity contribution in [1.82, 2.24) is 15.2 Å². The first-order valence-corrected chi connectivity index (χ1v) is 9.09. The van der Waals surface area contributed by atoms with E-state index < -0.39 is 0 Å². The molecule has 1 aliphatic rings. The van der Waals surface area contributed by atoms with Gasteiger partial charge in [0.15, 0.2) is 5.11 Å². The van der Waals surface area contributed by atoms with Crippen LogP contribution in [0.2, 0.25) is 4.34 Å². The Kier molecular flexibility index (Phi) is 5.33. The lowest BCUT2D eigenvalue weighted by Crippen LogP contribution is -2.35. The van der Waals surface area contributed by atoms with Crippen LogP contribution in [0.4, 0.5) is 0 Å². The molecule has 8 heteroatoms. The van der Waals surface area contributed by atoms with Crippen molar-refractivity contribution in [2.75, 3.05) is 13.2 Å². The zero-order chi connectivity index (χ0) is 17.1. The molecule has 0 bridgehead atoms. The van der Waals surface area contributed by atoms with Crippen LogP contribution in [0.15, 0.2) is 36.5 Å². The predicted molar refractivity (Wildman–Crippen MR) is 98.1 cm³/mol. The summed E-state index contributed by atoms with van der Waals surface area (Å²) in [6.45, 7) is 2.21. The van der Waals surface area contributed by atoms with E-state index in [4.69, 9.17) is 28.6 Å². The molecule has 24 heavy (non-hydrogen) atoms. The van der Waals surface area contributed by atoms with Gasteiger partial charge in [0.2, 0.25) is 0 Å². The summed E-state index contributed by atoms with van der Waals surface area (Å²) in [5, 5.41) is 3.78. The molecular weight excluding hydrogens is 366 g/mol. The Morgan fingerprint density at radius 3 is 2.92 bits per heavy atom. The van der Waals surface area contributed by atoms with Gasteiger partial charge in [-0.05, 0) is 43.4 Å². The third-order valence-electron chi connectivity index (χ3n) is 3.69. The van der Waals surface area contributed by atoms with E-state index in [2.05, 4.69) is 10.3 Å². The van der Waals surface area contributed by atoms with Crippen LogP contribution in [0.1, 0.15) is 29.6 Å². The molecule has 0 saturated carbocycles. The van der Waals surface area contributed by atoms with Crippen molar-refractivity contribution in [3.63, 3.8) is 0 Å². The summed E-state index contributed by atoms with van der Waals surface area (Å²) in [5.41, 5.74) is 0.862. The number of carbonyl (C=O) groups excluding carboxylic acids is 1. The number of rotatable bonds is 5. The van der Waals surface area contributed by atoms with Crippen molar-refractivity contribution in [2.24, 2.45) is 0 Å². The molecule has 3 heterocycles. The van der Waals surface area contributed by atoms with E-state index in [1.807, 2.05) is 35.2 Å². The molecule has 3 rings (SSSR count). The second kappa shape index (κ2) is 7.46. The van der Waals surface area contributed by atoms with Gasteiger partial charge in [0.05, 0.1) is 28.7 Å². The van der Waals surface area contributed by atoms with Crippen molar-refractivity contribution in [3.05, 3.63) is 51.4 Å². The van der Waals surface area contributed by atoms with Crippen LogP contribution < -0.4 is 5.32 Å². The molecule has 1 saturated heterocycles. The smallest absolute Gasteiger partial charge is 0.325 e. The Morgan fingerprint density at radius 1 is 1.46 bits per heavy atom. The SMILES string of the molecule is CCOC(=O)CN1C(=S)N[C@H](c2ccccn2)[C@@H]1c1ccc(Cl)s1. The first kappa shape index (κ1) is 17.1. The number of esters is 1. The molecular formula is C16H16ClN3O2S2. The summed E-state index contributed by atoms with van der Waals surface area (Å²) in [6.07, 6.45) is 1.74. The van der Waals surface area contributed by atoms with Crippen LogP contribution in [-0.2, 0) is 9.53 Å². The van der Waals surface area contributed by atoms with E-state index in [1.165, 1.54) is 11.3 Å². The molecule has 126 valence electrons. The monoisotopic (exact) mass is 381 g/mol. The van der Waals surface area contributed by atoms with E-state index in [1.54, 1.807) is 13.1 Å². The normalized spacial score (nSPS) is 20.1. The highest BCUT2D eigenvalue weighted by molar-refractivity contribution is 7.80. The average molecular weight is 382 g/mol. The van der Waals surface area contributed by atoms with Crippen LogP contribution in [-0.4, -0.2) is 34.1 Å². The van der Waals surface area contributed by atoms with Crippen molar-refractivity contribution >= 4 is 46.2 Å². The highest BCUT2D eigenvalue weighted by Crippen LogP contribution is 2.41. The number of ether oxygens (including phenoxy) is 1. The number of hydrogen-bond donors (Lipinski definition) is 1. The maximum Gasteiger partial charge on any atom is 0.325 e. The Hall–Kier alpha value is -1.70. The van der Waals surface area contributed by atoms with Gasteiger partial charge in [-0.25, -0.2) is 0 Å². The second-order valence-corrected chi connectivity index (χ2v) is 7.33. The fourth-order valence-corrected chi connectivity index (χ4v) is 4.23. The van der Waals surface area contributed by atoms with Crippen LogP contribution in [0, 0.1) is 0 Å². The number of nitrogens with zero attached hydrogens (tertiary/aromatic N) is 2. The molecule has 0 spiro atoms. The number of carbonyl (C=O) groups is 1. The molecule has 0 aliphatic carbocycles. The number of thiophene rings is 1. The summed E-state index contributed by atoms with van der Waals surface area (Å²) in [4.78, 5) is 19.3. The molecule has 2 atom stereocenters. The molecule has 0 unspecified atom stereocenters. The van der Waals surface area contributed by atoms with E-state index >= 15 is 0 Å². The van der Waals surface area contributed by atoms with Crippen LogP contribution in [0.3, 0.4) is 0 Å². The summed E-state index contributed by atoms with van der Waals surface area (Å²) in [6, 6.07) is 9.24. The molecule has 1 N–H and O–H groups in total. The van der Waals surface area contributed by atoms with Crippen molar-refractivity contribution < 1.29 is 9.53 Å². The van der Waals surface area contributed by atoms with Gasteiger partial charge in [0.25, 0.3) is 0 Å². The Morgan fingerprint density at radius 2 is 2.29 bits per heavy atom. The van der Waals surface area contributed by atoms with Gasteiger partial charge in [-0.3, -0.25) is 9.78 Å². The predicted octanol–water partition coefficient (Wildman–Crippen LogP) is 3.33. The Bertz CT molecular complexity index is 738. The lowest BCUT2D eigenvalue weighted by Gasteiger charge is -2.25. The molecule has 2 aromatic heterocycles. The zero-order valence-electron chi connectivity index (χ0n) is 12.9. The second-order valence-electron chi connectivity index (χ2n) is 5.20. The van der Waals surface area contributed by atoms with Gasteiger partial charge in [0.1, 0.15) is 6.54 Å². The molecule has 2 aromatic rings. The van der Waals surface area contributed by atoms with Gasteiger partial charge in [-0.2, -0.15) is 0 Å². The number of pyridine rings is 1. The van der Waals surface area contributed by atoms with E-state index in [-0.39, 0.29) is 24.6 Å². The van der Waals surface area contributed by atoms with Crippen LogP contribution >= 0.6 is 35.2 Å². The standard InChI is InChI=1S/C16H16ClN3O2S2/c1-2-22-13(21)9-20-15(11-6-7-12(17)24-11)14(19-16(20)23)10-5-3-4-8-18-10/h3-8,14-15H,2,9H2,1H3,(H,19,23)/t14-,15+/m1/s1. The minimum absolute atomic E-state index is 0.0865. The van der Waals surface area contributed by atoms with Gasteiger partial charge < -0.3 is 15.0 Å². The van der Waals surface area contributed by atoms with Gasteiger partial charge >= 0.3 is 5.97 Å². The highest BCUT2D eigenvalue weighted by Gasteiger charge is 2.41. The van der Waals surface area contributed by atoms with Crippen molar-refractivity contribution in [1.29, 1.82) is 0 Å². The molecule has 0 radical (unpaired) electrons. The lowest BCUT2D eigenvalue weighted by molar-refractivity contribution is -0.143. The fraction of sp³-hybridized carbons (Fsp3) is 0.312. The number of thiocarbonyl (C=S) groups is 1. The average Bonchev–Trinajstić information content (AvgIpc) is 3.13. The maximum atomic E-state index is 12.0. The van der Waals surface area contributed by atoms with Gasteiger partial charge in [-0.1, -0.05) is 17.7 Å². The van der Waals surface area contributed by atoms with Crippen LogP contribution in [0.5, 0.6) is 0 Å². The molecule has 0 amide bonds. The minimum atomic E-state index is -0.309. The summed E-state index contributed by atoms with van der Waals surface area (Å²) in [5.74, 6) is -0.309. The van der Waals surface area contributed by atoms with Crippen molar-refractivity contribution in [3.8, 4) is 0 Å². The largest absolute Gasteiger partial charge is 0.465 e. The lowest BCUT2D eigenvalue weighted by atomic mass is 10.0. The number of nitrogens with one attached hydrogen (secondary N) is 1. The van der Waals surface area contributed by atoms with E-state index in [0.717, 1.165) is 10.6 Å².